The van der Waals surface area contributed by atoms with Crippen LogP contribution in [0.5, 0.6) is 0 Å². The third-order valence-corrected chi connectivity index (χ3v) is 5.28. The van der Waals surface area contributed by atoms with E-state index in [9.17, 15) is 4.79 Å². The summed E-state index contributed by atoms with van der Waals surface area (Å²) in [7, 11) is 0. The number of rotatable bonds is 10. The van der Waals surface area contributed by atoms with Crippen LogP contribution < -0.4 is 0 Å². The van der Waals surface area contributed by atoms with Gasteiger partial charge in [-0.05, 0) is 18.1 Å². The van der Waals surface area contributed by atoms with Crippen LogP contribution in [-0.4, -0.2) is 34.1 Å². The van der Waals surface area contributed by atoms with Gasteiger partial charge in [-0.15, -0.1) is 0 Å². The van der Waals surface area contributed by atoms with Crippen LogP contribution in [0, 0.1) is 6.92 Å². The van der Waals surface area contributed by atoms with Crippen molar-refractivity contribution in [2.45, 2.75) is 26.5 Å². The highest BCUT2D eigenvalue weighted by Gasteiger charge is 2.17. The molecule has 1 aromatic heterocycles. The van der Waals surface area contributed by atoms with E-state index in [1.807, 2.05) is 91.9 Å². The highest BCUT2D eigenvalue weighted by Crippen LogP contribution is 2.17. The average Bonchev–Trinajstić information content (AvgIpc) is 3.32. The van der Waals surface area contributed by atoms with E-state index in [4.69, 9.17) is 9.26 Å². The molecule has 1 heterocycles. The fourth-order valence-corrected chi connectivity index (χ4v) is 3.42. The van der Waals surface area contributed by atoms with Crippen LogP contribution in [0.4, 0.5) is 0 Å². The molecule has 4 rings (SSSR count). The van der Waals surface area contributed by atoms with Gasteiger partial charge in [0.2, 0.25) is 17.6 Å². The second-order valence-corrected chi connectivity index (χ2v) is 7.91. The Balaban J connectivity index is 1.38. The molecular weight excluding hydrogens is 414 g/mol. The van der Waals surface area contributed by atoms with Gasteiger partial charge in [-0.2, -0.15) is 4.98 Å². The minimum atomic E-state index is -0.0759. The maximum atomic E-state index is 13.0. The predicted octanol–water partition coefficient (Wildman–Crippen LogP) is 4.83. The predicted molar refractivity (Wildman–Crippen MR) is 126 cm³/mol. The maximum Gasteiger partial charge on any atom is 0.248 e. The lowest BCUT2D eigenvalue weighted by atomic mass is 10.1. The number of hydrogen-bond donors (Lipinski definition) is 0. The van der Waals surface area contributed by atoms with Crippen molar-refractivity contribution in [2.75, 3.05) is 13.2 Å². The summed E-state index contributed by atoms with van der Waals surface area (Å²) in [5.74, 6) is 0.979. The van der Waals surface area contributed by atoms with Gasteiger partial charge in [0.25, 0.3) is 0 Å². The number of aromatic nitrogens is 2. The highest BCUT2D eigenvalue weighted by molar-refractivity contribution is 5.77. The molecule has 0 saturated heterocycles. The number of carbonyl (C=O) groups excluding carboxylic acids is 1. The summed E-state index contributed by atoms with van der Waals surface area (Å²) in [5, 5.41) is 4.09. The number of carbonyl (C=O) groups is 1. The van der Waals surface area contributed by atoms with Crippen molar-refractivity contribution in [1.82, 2.24) is 15.0 Å². The van der Waals surface area contributed by atoms with Crippen LogP contribution in [0.3, 0.4) is 0 Å². The third-order valence-electron chi connectivity index (χ3n) is 5.28. The molecule has 0 saturated carbocycles. The first-order valence-electron chi connectivity index (χ1n) is 11.0. The van der Waals surface area contributed by atoms with E-state index >= 15 is 0 Å². The molecule has 0 bridgehead atoms. The van der Waals surface area contributed by atoms with Crippen molar-refractivity contribution in [3.63, 3.8) is 0 Å². The molecule has 6 nitrogen and oxygen atoms in total. The van der Waals surface area contributed by atoms with Gasteiger partial charge >= 0.3 is 0 Å². The molecule has 0 N–H and O–H groups in total. The molecule has 3 aromatic carbocycles. The Morgan fingerprint density at radius 1 is 0.909 bits per heavy atom. The fourth-order valence-electron chi connectivity index (χ4n) is 3.42. The summed E-state index contributed by atoms with van der Waals surface area (Å²) in [6.07, 6.45) is 0.468. The largest absolute Gasteiger partial charge is 0.367 e. The Labute approximate surface area is 193 Å². The molecule has 6 heteroatoms. The van der Waals surface area contributed by atoms with Gasteiger partial charge < -0.3 is 14.2 Å². The molecule has 0 unspecified atom stereocenters. The summed E-state index contributed by atoms with van der Waals surface area (Å²) >= 11 is 0. The zero-order chi connectivity index (χ0) is 22.9. The quantitative estimate of drug-likeness (QED) is 0.352. The lowest BCUT2D eigenvalue weighted by Crippen LogP contribution is -2.35. The van der Waals surface area contributed by atoms with E-state index in [-0.39, 0.29) is 12.5 Å². The molecule has 168 valence electrons. The Kier molecular flexibility index (Phi) is 7.61. The summed E-state index contributed by atoms with van der Waals surface area (Å²) in [6, 6.07) is 27.7. The molecule has 0 spiro atoms. The Morgan fingerprint density at radius 3 is 2.27 bits per heavy atom. The zero-order valence-electron chi connectivity index (χ0n) is 18.7. The number of benzene rings is 3. The van der Waals surface area contributed by atoms with E-state index in [1.54, 1.807) is 4.90 Å². The van der Waals surface area contributed by atoms with Crippen LogP contribution >= 0.6 is 0 Å². The molecule has 33 heavy (non-hydrogen) atoms. The van der Waals surface area contributed by atoms with Crippen molar-refractivity contribution < 1.29 is 14.1 Å². The lowest BCUT2D eigenvalue weighted by molar-refractivity contribution is -0.137. The van der Waals surface area contributed by atoms with Gasteiger partial charge in [-0.3, -0.25) is 4.79 Å². The van der Waals surface area contributed by atoms with Gasteiger partial charge in [0.15, 0.2) is 0 Å². The van der Waals surface area contributed by atoms with Gasteiger partial charge in [-0.1, -0.05) is 95.6 Å². The monoisotopic (exact) mass is 441 g/mol. The van der Waals surface area contributed by atoms with Crippen molar-refractivity contribution in [1.29, 1.82) is 0 Å². The highest BCUT2D eigenvalue weighted by atomic mass is 16.5. The molecule has 0 radical (unpaired) electrons. The number of ether oxygens (including phenoxy) is 1. The second kappa shape index (κ2) is 11.2. The fraction of sp³-hybridized carbons (Fsp3) is 0.222. The normalized spacial score (nSPS) is 10.8. The van der Waals surface area contributed by atoms with Gasteiger partial charge in [0.05, 0.1) is 6.61 Å². The van der Waals surface area contributed by atoms with E-state index in [2.05, 4.69) is 10.1 Å². The summed E-state index contributed by atoms with van der Waals surface area (Å²) in [6.45, 7) is 3.40. The van der Waals surface area contributed by atoms with Crippen molar-refractivity contribution in [3.05, 3.63) is 108 Å². The molecular formula is C27H27N3O3. The van der Waals surface area contributed by atoms with Crippen LogP contribution in [0.15, 0.2) is 89.5 Å². The van der Waals surface area contributed by atoms with E-state index < -0.39 is 0 Å². The Hall–Kier alpha value is -3.77. The number of nitrogens with zero attached hydrogens (tertiary/aromatic N) is 3. The first-order valence-corrected chi connectivity index (χ1v) is 11.0. The molecule has 1 amide bonds. The van der Waals surface area contributed by atoms with Crippen LogP contribution in [0.2, 0.25) is 0 Å². The summed E-state index contributed by atoms with van der Waals surface area (Å²) in [5.41, 5.74) is 4.17. The minimum absolute atomic E-state index is 0.0141. The Morgan fingerprint density at radius 2 is 1.58 bits per heavy atom. The van der Waals surface area contributed by atoms with E-state index in [0.717, 1.165) is 16.7 Å². The van der Waals surface area contributed by atoms with Crippen LogP contribution in [0.1, 0.15) is 22.6 Å². The number of aryl methyl sites for hydroxylation is 1. The SMILES string of the molecule is Cc1ccc(-c2noc(CCN(Cc3ccccc3)C(=O)COCc3ccccc3)n2)cc1. The number of amides is 1. The topological polar surface area (TPSA) is 68.5 Å². The standard InChI is InChI=1S/C27H27N3O3/c1-21-12-14-24(15-13-21)27-28-25(33-29-27)16-17-30(18-22-8-4-2-5-9-22)26(31)20-32-19-23-10-6-3-7-11-23/h2-15H,16-20H2,1H3. The van der Waals surface area contributed by atoms with Crippen LogP contribution in [0.25, 0.3) is 11.4 Å². The molecule has 0 fully saturated rings. The van der Waals surface area contributed by atoms with Gasteiger partial charge in [0.1, 0.15) is 6.61 Å². The van der Waals surface area contributed by atoms with Crippen molar-refractivity contribution in [2.24, 2.45) is 0 Å². The van der Waals surface area contributed by atoms with E-state index in [1.165, 1.54) is 5.56 Å². The first-order chi connectivity index (χ1) is 16.2. The molecule has 4 aromatic rings. The Bertz CT molecular complexity index is 1140. The van der Waals surface area contributed by atoms with Gasteiger partial charge in [0, 0.05) is 25.1 Å². The maximum absolute atomic E-state index is 13.0. The number of hydrogen-bond acceptors (Lipinski definition) is 5. The lowest BCUT2D eigenvalue weighted by Gasteiger charge is -2.22. The molecule has 0 aliphatic heterocycles. The summed E-state index contributed by atoms with van der Waals surface area (Å²) in [4.78, 5) is 19.2. The average molecular weight is 442 g/mol. The minimum Gasteiger partial charge on any atom is -0.367 e. The van der Waals surface area contributed by atoms with E-state index in [0.29, 0.717) is 37.8 Å². The third kappa shape index (κ3) is 6.60. The zero-order valence-corrected chi connectivity index (χ0v) is 18.7. The van der Waals surface area contributed by atoms with Crippen molar-refractivity contribution >= 4 is 5.91 Å². The second-order valence-electron chi connectivity index (χ2n) is 7.91. The van der Waals surface area contributed by atoms with Gasteiger partial charge in [-0.25, -0.2) is 0 Å². The summed E-state index contributed by atoms with van der Waals surface area (Å²) < 4.78 is 11.1. The molecule has 0 atom stereocenters. The van der Waals surface area contributed by atoms with Crippen molar-refractivity contribution in [3.8, 4) is 11.4 Å². The molecule has 0 aliphatic carbocycles. The smallest absolute Gasteiger partial charge is 0.248 e. The first kappa shape index (κ1) is 22.4. The van der Waals surface area contributed by atoms with Crippen LogP contribution in [-0.2, 0) is 29.1 Å². The molecule has 0 aliphatic rings.